The highest BCUT2D eigenvalue weighted by Gasteiger charge is 2.17. The van der Waals surface area contributed by atoms with Crippen molar-refractivity contribution < 1.29 is 4.42 Å². The summed E-state index contributed by atoms with van der Waals surface area (Å²) >= 11 is 0. The number of nitrogens with zero attached hydrogens (tertiary/aromatic N) is 1. The summed E-state index contributed by atoms with van der Waals surface area (Å²) in [6.45, 7) is 0. The van der Waals surface area contributed by atoms with Gasteiger partial charge in [-0.05, 0) is 109 Å². The summed E-state index contributed by atoms with van der Waals surface area (Å²) in [5.41, 5.74) is 7.49. The third-order valence-corrected chi connectivity index (χ3v) is 9.80. The van der Waals surface area contributed by atoms with Crippen LogP contribution in [0.4, 0.5) is 17.1 Å². The van der Waals surface area contributed by atoms with Crippen LogP contribution in [-0.4, -0.2) is 0 Å². The summed E-state index contributed by atoms with van der Waals surface area (Å²) < 4.78 is 6.33. The van der Waals surface area contributed by atoms with Gasteiger partial charge in [0.15, 0.2) is 0 Å². The number of fused-ring (bicyclic) bond motifs is 10. The Kier molecular flexibility index (Phi) is 5.91. The molecule has 0 aliphatic rings. The second-order valence-electron chi connectivity index (χ2n) is 12.5. The molecule has 0 aliphatic carbocycles. The van der Waals surface area contributed by atoms with Crippen LogP contribution in [0.3, 0.4) is 0 Å². The molecular formula is C46H29NO. The lowest BCUT2D eigenvalue weighted by Gasteiger charge is -2.25. The summed E-state index contributed by atoms with van der Waals surface area (Å²) in [5, 5.41) is 12.4. The van der Waals surface area contributed by atoms with Gasteiger partial charge in [0.05, 0.1) is 0 Å². The first-order valence-corrected chi connectivity index (χ1v) is 16.4. The minimum absolute atomic E-state index is 0.894. The lowest BCUT2D eigenvalue weighted by Crippen LogP contribution is -2.09. The maximum absolute atomic E-state index is 6.33. The fourth-order valence-corrected chi connectivity index (χ4v) is 7.52. The maximum atomic E-state index is 6.33. The van der Waals surface area contributed by atoms with Crippen LogP contribution in [0.15, 0.2) is 180 Å². The van der Waals surface area contributed by atoms with E-state index in [2.05, 4.69) is 181 Å². The summed E-state index contributed by atoms with van der Waals surface area (Å²) in [6, 6.07) is 63.3. The molecule has 0 N–H and O–H groups in total. The van der Waals surface area contributed by atoms with Crippen molar-refractivity contribution in [3.63, 3.8) is 0 Å². The van der Waals surface area contributed by atoms with Crippen molar-refractivity contribution >= 4 is 82.1 Å². The van der Waals surface area contributed by atoms with Gasteiger partial charge >= 0.3 is 0 Å². The average Bonchev–Trinajstić information content (AvgIpc) is 3.54. The highest BCUT2D eigenvalue weighted by atomic mass is 16.3. The zero-order valence-corrected chi connectivity index (χ0v) is 26.1. The Bertz CT molecular complexity index is 2830. The van der Waals surface area contributed by atoms with E-state index in [1.807, 2.05) is 0 Å². The SMILES string of the molecule is c1ccc(N(c2ccc(-c3ccc4c(ccc5ccc6ccccc6c54)c3)cc2)c2ccc3oc4ccc5ccccc5c4c3c2)cc1. The Morgan fingerprint density at radius 3 is 1.67 bits per heavy atom. The van der Waals surface area contributed by atoms with Gasteiger partial charge < -0.3 is 9.32 Å². The van der Waals surface area contributed by atoms with E-state index >= 15 is 0 Å². The van der Waals surface area contributed by atoms with Crippen molar-refractivity contribution in [2.75, 3.05) is 4.90 Å². The van der Waals surface area contributed by atoms with Crippen molar-refractivity contribution in [3.8, 4) is 11.1 Å². The molecule has 1 heterocycles. The molecule has 2 nitrogen and oxygen atoms in total. The fourth-order valence-electron chi connectivity index (χ4n) is 7.52. The van der Waals surface area contributed by atoms with E-state index in [4.69, 9.17) is 4.42 Å². The quantitative estimate of drug-likeness (QED) is 0.184. The second-order valence-corrected chi connectivity index (χ2v) is 12.5. The molecular weight excluding hydrogens is 583 g/mol. The molecule has 0 atom stereocenters. The van der Waals surface area contributed by atoms with Gasteiger partial charge in [-0.1, -0.05) is 121 Å². The zero-order valence-electron chi connectivity index (χ0n) is 26.1. The number of benzene rings is 9. The van der Waals surface area contributed by atoms with E-state index in [0.29, 0.717) is 0 Å². The number of rotatable bonds is 4. The van der Waals surface area contributed by atoms with Crippen LogP contribution in [-0.2, 0) is 0 Å². The van der Waals surface area contributed by atoms with Crippen molar-refractivity contribution in [2.24, 2.45) is 0 Å². The summed E-state index contributed by atoms with van der Waals surface area (Å²) in [5.74, 6) is 0. The van der Waals surface area contributed by atoms with Crippen LogP contribution in [0.2, 0.25) is 0 Å². The first kappa shape index (κ1) is 26.8. The van der Waals surface area contributed by atoms with Crippen molar-refractivity contribution in [1.82, 2.24) is 0 Å². The predicted molar refractivity (Wildman–Crippen MR) is 204 cm³/mol. The van der Waals surface area contributed by atoms with Gasteiger partial charge in [-0.25, -0.2) is 0 Å². The van der Waals surface area contributed by atoms with Gasteiger partial charge in [0.25, 0.3) is 0 Å². The molecule has 224 valence electrons. The van der Waals surface area contributed by atoms with E-state index in [0.717, 1.165) is 39.0 Å². The van der Waals surface area contributed by atoms with E-state index in [1.54, 1.807) is 0 Å². The van der Waals surface area contributed by atoms with Crippen molar-refractivity contribution in [2.45, 2.75) is 0 Å². The van der Waals surface area contributed by atoms with Crippen LogP contribution in [0.5, 0.6) is 0 Å². The Labute approximate surface area is 277 Å². The lowest BCUT2D eigenvalue weighted by atomic mass is 9.94. The summed E-state index contributed by atoms with van der Waals surface area (Å²) in [6.07, 6.45) is 0. The van der Waals surface area contributed by atoms with E-state index in [9.17, 15) is 0 Å². The molecule has 10 rings (SSSR count). The Hall–Kier alpha value is -6.38. The van der Waals surface area contributed by atoms with Crippen LogP contribution in [0, 0.1) is 0 Å². The first-order chi connectivity index (χ1) is 23.8. The van der Waals surface area contributed by atoms with Gasteiger partial charge in [-0.2, -0.15) is 0 Å². The molecule has 0 fully saturated rings. The number of para-hydroxylation sites is 1. The minimum Gasteiger partial charge on any atom is -0.456 e. The third kappa shape index (κ3) is 4.20. The average molecular weight is 612 g/mol. The van der Waals surface area contributed by atoms with Crippen LogP contribution < -0.4 is 4.90 Å². The van der Waals surface area contributed by atoms with Gasteiger partial charge in [-0.3, -0.25) is 0 Å². The topological polar surface area (TPSA) is 16.4 Å². The van der Waals surface area contributed by atoms with E-state index < -0.39 is 0 Å². The summed E-state index contributed by atoms with van der Waals surface area (Å²) in [7, 11) is 0. The molecule has 0 spiro atoms. The Balaban J connectivity index is 1.08. The van der Waals surface area contributed by atoms with Gasteiger partial charge in [0.1, 0.15) is 11.2 Å². The molecule has 0 unspecified atom stereocenters. The first-order valence-electron chi connectivity index (χ1n) is 16.4. The molecule has 48 heavy (non-hydrogen) atoms. The molecule has 0 bridgehead atoms. The highest BCUT2D eigenvalue weighted by molar-refractivity contribution is 6.21. The van der Waals surface area contributed by atoms with Crippen molar-refractivity contribution in [3.05, 3.63) is 176 Å². The molecule has 0 radical (unpaired) electrons. The largest absolute Gasteiger partial charge is 0.456 e. The monoisotopic (exact) mass is 611 g/mol. The number of anilines is 3. The normalized spacial score (nSPS) is 11.8. The van der Waals surface area contributed by atoms with E-state index in [-0.39, 0.29) is 0 Å². The van der Waals surface area contributed by atoms with E-state index in [1.165, 1.54) is 54.2 Å². The standard InChI is InChI=1S/C46H29NO/c1-2-10-36(11-3-1)47(38-24-27-43-42(29-38)46-40-13-7-5-9-32(40)21-26-44(46)48-43)37-22-18-30(19-23-37)34-20-25-41-35(28-34)17-16-33-15-14-31-8-4-6-12-39(31)45(33)41/h1-29H. The molecule has 2 heteroatoms. The second kappa shape index (κ2) is 10.6. The molecule has 10 aromatic rings. The Morgan fingerprint density at radius 1 is 0.312 bits per heavy atom. The third-order valence-electron chi connectivity index (χ3n) is 9.80. The number of hydrogen-bond acceptors (Lipinski definition) is 2. The molecule has 0 aliphatic heterocycles. The number of furan rings is 1. The molecule has 0 saturated carbocycles. The maximum Gasteiger partial charge on any atom is 0.136 e. The smallest absolute Gasteiger partial charge is 0.136 e. The van der Waals surface area contributed by atoms with Gasteiger partial charge in [0, 0.05) is 27.8 Å². The Morgan fingerprint density at radius 2 is 0.875 bits per heavy atom. The molecule has 0 saturated heterocycles. The molecule has 0 amide bonds. The minimum atomic E-state index is 0.894. The van der Waals surface area contributed by atoms with Gasteiger partial charge in [-0.15, -0.1) is 0 Å². The summed E-state index contributed by atoms with van der Waals surface area (Å²) in [4.78, 5) is 2.32. The van der Waals surface area contributed by atoms with Crippen molar-refractivity contribution in [1.29, 1.82) is 0 Å². The number of hydrogen-bond donors (Lipinski definition) is 0. The van der Waals surface area contributed by atoms with Gasteiger partial charge in [0.2, 0.25) is 0 Å². The molecule has 9 aromatic carbocycles. The van der Waals surface area contributed by atoms with Crippen LogP contribution >= 0.6 is 0 Å². The zero-order chi connectivity index (χ0) is 31.6. The molecule has 1 aromatic heterocycles. The highest BCUT2D eigenvalue weighted by Crippen LogP contribution is 2.41. The fraction of sp³-hybridized carbons (Fsp3) is 0. The predicted octanol–water partition coefficient (Wildman–Crippen LogP) is 13.3. The lowest BCUT2D eigenvalue weighted by molar-refractivity contribution is 0.669. The van der Waals surface area contributed by atoms with Crippen LogP contribution in [0.25, 0.3) is 76.2 Å². The van der Waals surface area contributed by atoms with Crippen LogP contribution in [0.1, 0.15) is 0 Å².